The summed E-state index contributed by atoms with van der Waals surface area (Å²) in [6.45, 7) is 0. The van der Waals surface area contributed by atoms with Gasteiger partial charge in [0.2, 0.25) is 0 Å². The molecule has 80 valence electrons. The van der Waals surface area contributed by atoms with Crippen molar-refractivity contribution >= 4 is 30.1 Å². The molecule has 0 radical (unpaired) electrons. The summed E-state index contributed by atoms with van der Waals surface area (Å²) in [5.74, 6) is -1.73. The van der Waals surface area contributed by atoms with Gasteiger partial charge in [-0.05, 0) is 10.8 Å². The van der Waals surface area contributed by atoms with Gasteiger partial charge in [0.25, 0.3) is 0 Å². The molecule has 0 aliphatic heterocycles. The molecular formula is C3H6Na2O7S3. The number of rotatable bonds is 5. The molecule has 12 heteroatoms. The Kier molecular flexibility index (Phi) is 13.6. The van der Waals surface area contributed by atoms with Gasteiger partial charge in [0.05, 0.1) is 22.0 Å². The molecule has 0 rings (SSSR count). The number of hydrogen-bond donors (Lipinski definition) is 1. The van der Waals surface area contributed by atoms with Crippen LogP contribution in [0.15, 0.2) is 0 Å². The Morgan fingerprint density at radius 3 is 1.80 bits per heavy atom. The maximum Gasteiger partial charge on any atom is 1.00 e. The van der Waals surface area contributed by atoms with Crippen LogP contribution in [0, 0.1) is 0 Å². The molecule has 0 aromatic carbocycles. The zero-order chi connectivity index (χ0) is 10.7. The van der Waals surface area contributed by atoms with Gasteiger partial charge in [0.15, 0.2) is 0 Å². The second-order valence-electron chi connectivity index (χ2n) is 2.07. The van der Waals surface area contributed by atoms with Crippen LogP contribution in [0.3, 0.4) is 0 Å². The normalized spacial score (nSPS) is 13.5. The molecule has 0 aliphatic rings. The maximum absolute atomic E-state index is 10.0. The Bertz CT molecular complexity index is 348. The van der Waals surface area contributed by atoms with Crippen LogP contribution in [-0.2, 0) is 19.3 Å². The number of aliphatic hydroxyl groups excluding tert-OH is 1. The molecule has 0 fully saturated rings. The minimum absolute atomic E-state index is 0. The van der Waals surface area contributed by atoms with Crippen LogP contribution in [0.4, 0.5) is 0 Å². The Morgan fingerprint density at radius 1 is 1.13 bits per heavy atom. The third-order valence-corrected chi connectivity index (χ3v) is 3.68. The van der Waals surface area contributed by atoms with Crippen LogP contribution < -0.4 is 59.1 Å². The molecular weight excluding hydrogens is 290 g/mol. The summed E-state index contributed by atoms with van der Waals surface area (Å²) in [6.07, 6.45) is -1.64. The fraction of sp³-hybridized carbons (Fsp3) is 1.00. The van der Waals surface area contributed by atoms with Crippen LogP contribution in [0.25, 0.3) is 0 Å². The van der Waals surface area contributed by atoms with Gasteiger partial charge in [0.1, 0.15) is 9.15 Å². The Morgan fingerprint density at radius 2 is 1.53 bits per heavy atom. The molecule has 0 heterocycles. The van der Waals surface area contributed by atoms with Crippen molar-refractivity contribution in [3.63, 3.8) is 0 Å². The molecule has 7 nitrogen and oxygen atoms in total. The average Bonchev–Trinajstić information content (AvgIpc) is 1.78. The Labute approximate surface area is 136 Å². The van der Waals surface area contributed by atoms with Crippen LogP contribution >= 0.6 is 10.8 Å². The molecule has 0 aromatic rings. The van der Waals surface area contributed by atoms with Crippen molar-refractivity contribution in [1.29, 1.82) is 0 Å². The third kappa shape index (κ3) is 18.7. The van der Waals surface area contributed by atoms with E-state index in [0.29, 0.717) is 0 Å². The molecule has 1 unspecified atom stereocenters. The average molecular weight is 296 g/mol. The monoisotopic (exact) mass is 296 g/mol. The van der Waals surface area contributed by atoms with Gasteiger partial charge in [-0.15, -0.1) is 0 Å². The number of aliphatic hydroxyl groups is 1. The van der Waals surface area contributed by atoms with Gasteiger partial charge in [0, 0.05) is 5.75 Å². The molecule has 0 aliphatic carbocycles. The smallest absolute Gasteiger partial charge is 0.748 e. The largest absolute Gasteiger partial charge is 1.00 e. The van der Waals surface area contributed by atoms with E-state index >= 15 is 0 Å². The summed E-state index contributed by atoms with van der Waals surface area (Å²) in [4.78, 5) is 0. The molecule has 1 N–H and O–H groups in total. The first kappa shape index (κ1) is 22.3. The molecule has 1 atom stereocenters. The Hall–Kier alpha value is 2.13. The van der Waals surface area contributed by atoms with Gasteiger partial charge < -0.3 is 14.2 Å². The molecule has 0 spiro atoms. The summed E-state index contributed by atoms with van der Waals surface area (Å²) in [5.41, 5.74) is 0. The van der Waals surface area contributed by atoms with E-state index in [-0.39, 0.29) is 69.9 Å². The van der Waals surface area contributed by atoms with Crippen molar-refractivity contribution in [1.82, 2.24) is 0 Å². The van der Waals surface area contributed by atoms with Crippen molar-refractivity contribution in [2.45, 2.75) is 6.10 Å². The minimum atomic E-state index is -4.60. The molecule has 0 bridgehead atoms. The van der Waals surface area contributed by atoms with Crippen LogP contribution in [-0.4, -0.2) is 48.7 Å². The van der Waals surface area contributed by atoms with Gasteiger partial charge in [-0.25, -0.2) is 16.8 Å². The summed E-state index contributed by atoms with van der Waals surface area (Å²) in [7, 11) is -9.32. The van der Waals surface area contributed by atoms with Crippen molar-refractivity contribution in [3.05, 3.63) is 0 Å². The van der Waals surface area contributed by atoms with E-state index in [2.05, 4.69) is 0 Å². The van der Waals surface area contributed by atoms with E-state index in [1.165, 1.54) is 0 Å². The van der Waals surface area contributed by atoms with Crippen LogP contribution in [0.2, 0.25) is 0 Å². The fourth-order valence-corrected chi connectivity index (χ4v) is 2.60. The molecule has 0 saturated heterocycles. The Balaban J connectivity index is -0.000000720. The summed E-state index contributed by atoms with van der Waals surface area (Å²) in [5, 5.41) is 8.74. The van der Waals surface area contributed by atoms with Crippen LogP contribution in [0.1, 0.15) is 0 Å². The second kappa shape index (κ2) is 9.11. The zero-order valence-electron chi connectivity index (χ0n) is 8.11. The first-order chi connectivity index (χ1) is 5.60. The van der Waals surface area contributed by atoms with E-state index in [4.69, 9.17) is 5.11 Å². The molecule has 0 saturated carbocycles. The quantitative estimate of drug-likeness (QED) is 0.300. The predicted octanol–water partition coefficient (Wildman–Crippen LogP) is -7.91. The molecule has 15 heavy (non-hydrogen) atoms. The fourth-order valence-electron chi connectivity index (χ4n) is 0.446. The summed E-state index contributed by atoms with van der Waals surface area (Å²) in [6, 6.07) is 0. The first-order valence-corrected chi connectivity index (χ1v) is 7.31. The van der Waals surface area contributed by atoms with Crippen molar-refractivity contribution in [2.75, 3.05) is 11.5 Å². The molecule has 0 amide bonds. The summed E-state index contributed by atoms with van der Waals surface area (Å²) < 4.78 is 60.0. The topological polar surface area (TPSA) is 135 Å². The van der Waals surface area contributed by atoms with E-state index in [1.807, 2.05) is 0 Å². The molecule has 0 aromatic heterocycles. The summed E-state index contributed by atoms with van der Waals surface area (Å²) >= 11 is 0. The van der Waals surface area contributed by atoms with Crippen LogP contribution in [0.5, 0.6) is 0 Å². The van der Waals surface area contributed by atoms with E-state index in [9.17, 15) is 25.9 Å². The van der Waals surface area contributed by atoms with Gasteiger partial charge >= 0.3 is 59.1 Å². The van der Waals surface area contributed by atoms with Gasteiger partial charge in [-0.2, -0.15) is 0 Å². The third-order valence-electron chi connectivity index (χ3n) is 0.801. The maximum atomic E-state index is 10.0. The first-order valence-electron chi connectivity index (χ1n) is 2.82. The minimum Gasteiger partial charge on any atom is -0.748 e. The van der Waals surface area contributed by atoms with Crippen molar-refractivity contribution in [2.24, 2.45) is 0 Å². The van der Waals surface area contributed by atoms with Crippen molar-refractivity contribution in [3.8, 4) is 0 Å². The zero-order valence-corrected chi connectivity index (χ0v) is 14.6. The SMILES string of the molecule is O=S(=O)([O-])CC(O)CSS(=O)(=O)[O-].[Na+].[Na+]. The van der Waals surface area contributed by atoms with E-state index in [0.717, 1.165) is 0 Å². The predicted molar refractivity (Wildman–Crippen MR) is 42.7 cm³/mol. The van der Waals surface area contributed by atoms with Gasteiger partial charge in [-0.1, -0.05) is 0 Å². The van der Waals surface area contributed by atoms with E-state index in [1.54, 1.807) is 0 Å². The number of hydrogen-bond acceptors (Lipinski definition) is 8. The van der Waals surface area contributed by atoms with E-state index < -0.39 is 36.9 Å². The van der Waals surface area contributed by atoms with Crippen molar-refractivity contribution < 1.29 is 90.2 Å². The standard InChI is InChI=1S/C3H8O7S3.2Na/c4-3(2-12(5,6)7)1-11-13(8,9)10;;/h3-4H,1-2H2,(H,5,6,7)(H,8,9,10);;/q;2*+1/p-2. The second-order valence-corrected chi connectivity index (χ2v) is 6.84. The van der Waals surface area contributed by atoms with Gasteiger partial charge in [-0.3, -0.25) is 0 Å².